The van der Waals surface area contributed by atoms with E-state index in [1.54, 1.807) is 12.2 Å². The molecule has 3 nitrogen and oxygen atoms in total. The zero-order valence-corrected chi connectivity index (χ0v) is 13.6. The van der Waals surface area contributed by atoms with Gasteiger partial charge >= 0.3 is 5.97 Å². The van der Waals surface area contributed by atoms with Gasteiger partial charge in [-0.2, -0.15) is 0 Å². The summed E-state index contributed by atoms with van der Waals surface area (Å²) in [6.07, 6.45) is 10.2. The molecule has 116 valence electrons. The molecule has 22 heavy (non-hydrogen) atoms. The molecule has 0 spiro atoms. The zero-order valence-electron chi connectivity index (χ0n) is 12.1. The van der Waals surface area contributed by atoms with Crippen molar-refractivity contribution in [1.29, 1.82) is 0 Å². The maximum Gasteiger partial charge on any atom is 0.310 e. The number of carbonyl (C=O) groups is 1. The van der Waals surface area contributed by atoms with Crippen LogP contribution in [0.3, 0.4) is 0 Å². The predicted octanol–water partition coefficient (Wildman–Crippen LogP) is 4.31. The van der Waals surface area contributed by atoms with Crippen LogP contribution in [0.25, 0.3) is 0 Å². The third-order valence-corrected chi connectivity index (χ3v) is 4.75. The highest BCUT2D eigenvalue weighted by Crippen LogP contribution is 2.42. The summed E-state index contributed by atoms with van der Waals surface area (Å²) in [4.78, 5) is 11.3. The van der Waals surface area contributed by atoms with Crippen molar-refractivity contribution >= 4 is 29.2 Å². The minimum absolute atomic E-state index is 0.105. The van der Waals surface area contributed by atoms with Gasteiger partial charge in [0.1, 0.15) is 11.9 Å². The second-order valence-corrected chi connectivity index (χ2v) is 6.56. The predicted molar refractivity (Wildman–Crippen MR) is 86.8 cm³/mol. The Labute approximate surface area is 139 Å². The molecule has 0 aromatic heterocycles. The molecule has 0 amide bonds. The number of aliphatic carboxylic acids is 1. The summed E-state index contributed by atoms with van der Waals surface area (Å²) in [6.45, 7) is 1.94. The van der Waals surface area contributed by atoms with Crippen LogP contribution in [0.5, 0.6) is 0 Å². The minimum atomic E-state index is -0.841. The molecule has 0 saturated heterocycles. The molecule has 1 heterocycles. The smallest absolute Gasteiger partial charge is 0.310 e. The standard InChI is InChI=1S/C17H16Cl2O3/c1-9-7-12(16-13(18)3-2-4-14(16)19)11-8-10(17(20)21)5-6-15(11)22-9/h2-3,5-7,9-10,14H,4,8H2,1H3,(H,20,21). The molecular weight excluding hydrogens is 323 g/mol. The highest BCUT2D eigenvalue weighted by atomic mass is 35.5. The van der Waals surface area contributed by atoms with Crippen molar-refractivity contribution in [3.05, 3.63) is 57.9 Å². The average molecular weight is 339 g/mol. The van der Waals surface area contributed by atoms with Gasteiger partial charge in [0, 0.05) is 10.6 Å². The van der Waals surface area contributed by atoms with Gasteiger partial charge in [0.25, 0.3) is 0 Å². The fourth-order valence-corrected chi connectivity index (χ4v) is 3.70. The van der Waals surface area contributed by atoms with Crippen molar-refractivity contribution in [3.63, 3.8) is 0 Å². The Balaban J connectivity index is 2.06. The number of carboxylic acid groups (broad SMARTS) is 1. The van der Waals surface area contributed by atoms with Crippen LogP contribution in [0, 0.1) is 5.92 Å². The summed E-state index contributed by atoms with van der Waals surface area (Å²) in [5, 5.41) is 9.67. The van der Waals surface area contributed by atoms with Gasteiger partial charge in [0.15, 0.2) is 0 Å². The second-order valence-electron chi connectivity index (χ2n) is 5.62. The number of hydrogen-bond acceptors (Lipinski definition) is 2. The number of ether oxygens (including phenoxy) is 1. The first-order chi connectivity index (χ1) is 10.5. The van der Waals surface area contributed by atoms with E-state index >= 15 is 0 Å². The zero-order chi connectivity index (χ0) is 15.9. The van der Waals surface area contributed by atoms with Gasteiger partial charge in [-0.05, 0) is 49.1 Å². The van der Waals surface area contributed by atoms with E-state index in [1.165, 1.54) is 0 Å². The average Bonchev–Trinajstić information content (AvgIpc) is 2.46. The summed E-state index contributed by atoms with van der Waals surface area (Å²) >= 11 is 12.8. The van der Waals surface area contributed by atoms with Crippen molar-refractivity contribution in [2.24, 2.45) is 5.92 Å². The van der Waals surface area contributed by atoms with Crippen LogP contribution in [0.4, 0.5) is 0 Å². The molecule has 3 unspecified atom stereocenters. The van der Waals surface area contributed by atoms with Crippen LogP contribution in [0.15, 0.2) is 57.9 Å². The normalized spacial score (nSPS) is 30.9. The van der Waals surface area contributed by atoms with E-state index in [0.717, 1.165) is 22.5 Å². The topological polar surface area (TPSA) is 46.5 Å². The molecule has 0 bridgehead atoms. The van der Waals surface area contributed by atoms with E-state index in [2.05, 4.69) is 0 Å². The first-order valence-corrected chi connectivity index (χ1v) is 8.02. The van der Waals surface area contributed by atoms with Gasteiger partial charge in [-0.1, -0.05) is 23.8 Å². The number of carboxylic acids is 1. The first-order valence-electron chi connectivity index (χ1n) is 7.21. The molecule has 3 rings (SSSR count). The van der Waals surface area contributed by atoms with Crippen LogP contribution in [0.2, 0.25) is 0 Å². The fourth-order valence-electron chi connectivity index (χ4n) is 2.98. The summed E-state index contributed by atoms with van der Waals surface area (Å²) < 4.78 is 5.81. The van der Waals surface area contributed by atoms with E-state index < -0.39 is 11.9 Å². The van der Waals surface area contributed by atoms with Gasteiger partial charge in [-0.15, -0.1) is 11.6 Å². The SMILES string of the molecule is CC1C=C(C2=C(Cl)C=CCC2Cl)C2=C(C=CC(C(=O)O)C2)O1. The van der Waals surface area contributed by atoms with Gasteiger partial charge in [0.05, 0.1) is 11.3 Å². The summed E-state index contributed by atoms with van der Waals surface area (Å²) in [5.41, 5.74) is 2.67. The van der Waals surface area contributed by atoms with Crippen LogP contribution < -0.4 is 0 Å². The van der Waals surface area contributed by atoms with Gasteiger partial charge in [-0.25, -0.2) is 0 Å². The molecule has 0 radical (unpaired) electrons. The summed E-state index contributed by atoms with van der Waals surface area (Å²) in [6, 6.07) is 0. The van der Waals surface area contributed by atoms with E-state index in [1.807, 2.05) is 25.2 Å². The quantitative estimate of drug-likeness (QED) is 0.763. The lowest BCUT2D eigenvalue weighted by molar-refractivity contribution is -0.140. The maximum absolute atomic E-state index is 11.3. The Morgan fingerprint density at radius 3 is 2.86 bits per heavy atom. The van der Waals surface area contributed by atoms with Crippen LogP contribution in [-0.2, 0) is 9.53 Å². The van der Waals surface area contributed by atoms with E-state index in [4.69, 9.17) is 27.9 Å². The minimum Gasteiger partial charge on any atom is -0.486 e. The molecule has 2 aliphatic carbocycles. The third-order valence-electron chi connectivity index (χ3n) is 4.03. The lowest BCUT2D eigenvalue weighted by Gasteiger charge is -2.32. The molecule has 3 aliphatic rings. The lowest BCUT2D eigenvalue weighted by atomic mass is 9.81. The van der Waals surface area contributed by atoms with Gasteiger partial charge in [-0.3, -0.25) is 4.79 Å². The lowest BCUT2D eigenvalue weighted by Crippen LogP contribution is -2.24. The van der Waals surface area contributed by atoms with Gasteiger partial charge < -0.3 is 9.84 Å². The van der Waals surface area contributed by atoms with Crippen molar-refractivity contribution < 1.29 is 14.6 Å². The molecule has 0 fully saturated rings. The molecule has 0 saturated carbocycles. The number of rotatable bonds is 2. The monoisotopic (exact) mass is 338 g/mol. The third kappa shape index (κ3) is 2.75. The van der Waals surface area contributed by atoms with E-state index in [9.17, 15) is 9.90 Å². The first kappa shape index (κ1) is 15.4. The molecule has 1 aliphatic heterocycles. The molecule has 3 atom stereocenters. The van der Waals surface area contributed by atoms with Crippen molar-refractivity contribution in [2.75, 3.05) is 0 Å². The number of hydrogen-bond donors (Lipinski definition) is 1. The Bertz CT molecular complexity index is 667. The van der Waals surface area contributed by atoms with E-state index in [-0.39, 0.29) is 11.5 Å². The Morgan fingerprint density at radius 1 is 1.41 bits per heavy atom. The van der Waals surface area contributed by atoms with E-state index in [0.29, 0.717) is 17.9 Å². The van der Waals surface area contributed by atoms with Gasteiger partial charge in [0.2, 0.25) is 0 Å². The second kappa shape index (κ2) is 5.98. The fraction of sp³-hybridized carbons (Fsp3) is 0.353. The maximum atomic E-state index is 11.3. The molecule has 1 N–H and O–H groups in total. The summed E-state index contributed by atoms with van der Waals surface area (Å²) in [5.74, 6) is -0.670. The Hall–Kier alpha value is -1.45. The number of allylic oxidation sites excluding steroid dienone is 7. The van der Waals surface area contributed by atoms with Crippen molar-refractivity contribution in [1.82, 2.24) is 0 Å². The Kier molecular flexibility index (Phi) is 4.20. The Morgan fingerprint density at radius 2 is 2.18 bits per heavy atom. The van der Waals surface area contributed by atoms with Crippen LogP contribution in [0.1, 0.15) is 19.8 Å². The largest absolute Gasteiger partial charge is 0.486 e. The number of alkyl halides is 1. The highest BCUT2D eigenvalue weighted by molar-refractivity contribution is 6.33. The summed E-state index contributed by atoms with van der Waals surface area (Å²) in [7, 11) is 0. The molecule has 0 aromatic carbocycles. The molecule has 0 aromatic rings. The van der Waals surface area contributed by atoms with Crippen molar-refractivity contribution in [3.8, 4) is 0 Å². The van der Waals surface area contributed by atoms with Crippen molar-refractivity contribution in [2.45, 2.75) is 31.2 Å². The van der Waals surface area contributed by atoms with Crippen LogP contribution >= 0.6 is 23.2 Å². The number of halogens is 2. The highest BCUT2D eigenvalue weighted by Gasteiger charge is 2.32. The molecule has 5 heteroatoms. The molecular formula is C17H16Cl2O3. The van der Waals surface area contributed by atoms with Crippen LogP contribution in [-0.4, -0.2) is 22.6 Å².